The SMILES string of the molecule is Cc1cc(O)c(CN2CCN(c3ccccc3)CC2)c2c1C(=O)/C(=C/c1ccccc1F)O2. The van der Waals surface area contributed by atoms with E-state index in [1.54, 1.807) is 31.2 Å². The maximum Gasteiger partial charge on any atom is 0.232 e. The average Bonchev–Trinajstić information content (AvgIpc) is 3.15. The van der Waals surface area contributed by atoms with Crippen LogP contribution in [0.4, 0.5) is 10.1 Å². The van der Waals surface area contributed by atoms with Crippen molar-refractivity contribution in [2.45, 2.75) is 13.5 Å². The molecule has 0 aliphatic carbocycles. The Morgan fingerprint density at radius 2 is 1.73 bits per heavy atom. The number of carbonyl (C=O) groups is 1. The molecule has 6 heteroatoms. The van der Waals surface area contributed by atoms with Crippen LogP contribution in [0.15, 0.2) is 66.4 Å². The molecule has 0 aromatic heterocycles. The first-order valence-corrected chi connectivity index (χ1v) is 11.1. The maximum atomic E-state index is 14.1. The van der Waals surface area contributed by atoms with Crippen molar-refractivity contribution in [3.05, 3.63) is 94.5 Å². The summed E-state index contributed by atoms with van der Waals surface area (Å²) in [5.74, 6) is -0.157. The van der Waals surface area contributed by atoms with E-state index < -0.39 is 5.82 Å². The quantitative estimate of drug-likeness (QED) is 0.587. The maximum absolute atomic E-state index is 14.1. The summed E-state index contributed by atoms with van der Waals surface area (Å²) in [5, 5.41) is 10.7. The van der Waals surface area contributed by atoms with Crippen molar-refractivity contribution in [3.63, 3.8) is 0 Å². The first kappa shape index (κ1) is 21.2. The Hall–Kier alpha value is -3.64. The van der Waals surface area contributed by atoms with Crippen LogP contribution in [-0.4, -0.2) is 42.0 Å². The number of phenolic OH excluding ortho intramolecular Hbond substituents is 1. The molecular weight excluding hydrogens is 419 g/mol. The van der Waals surface area contributed by atoms with Gasteiger partial charge in [0.15, 0.2) is 5.76 Å². The van der Waals surface area contributed by atoms with Gasteiger partial charge in [-0.05, 0) is 42.8 Å². The number of nitrogens with zero attached hydrogens (tertiary/aromatic N) is 2. The summed E-state index contributed by atoms with van der Waals surface area (Å²) in [4.78, 5) is 17.7. The van der Waals surface area contributed by atoms with Gasteiger partial charge in [0.1, 0.15) is 17.3 Å². The number of aromatic hydroxyl groups is 1. The van der Waals surface area contributed by atoms with Crippen molar-refractivity contribution in [1.29, 1.82) is 0 Å². The third-order valence-electron chi connectivity index (χ3n) is 6.29. The van der Waals surface area contributed by atoms with Gasteiger partial charge in [-0.1, -0.05) is 36.4 Å². The van der Waals surface area contributed by atoms with Gasteiger partial charge in [0.25, 0.3) is 0 Å². The van der Waals surface area contributed by atoms with Crippen LogP contribution in [0.5, 0.6) is 11.5 Å². The average molecular weight is 445 g/mol. The van der Waals surface area contributed by atoms with Crippen LogP contribution >= 0.6 is 0 Å². The highest BCUT2D eigenvalue weighted by atomic mass is 19.1. The number of hydrogen-bond acceptors (Lipinski definition) is 5. The lowest BCUT2D eigenvalue weighted by molar-refractivity contribution is 0.101. The number of anilines is 1. The van der Waals surface area contributed by atoms with Gasteiger partial charge in [0.05, 0.1) is 11.1 Å². The fraction of sp³-hybridized carbons (Fsp3) is 0.222. The van der Waals surface area contributed by atoms with E-state index in [1.807, 2.05) is 18.2 Å². The van der Waals surface area contributed by atoms with Crippen LogP contribution < -0.4 is 9.64 Å². The number of fused-ring (bicyclic) bond motifs is 1. The van der Waals surface area contributed by atoms with E-state index in [0.717, 1.165) is 26.2 Å². The molecule has 0 radical (unpaired) electrons. The first-order valence-electron chi connectivity index (χ1n) is 11.1. The number of phenols is 1. The molecule has 0 amide bonds. The standard InChI is InChI=1S/C27H25FN2O3/c1-18-15-23(31)21(17-29-11-13-30(14-12-29)20-8-3-2-4-9-20)27-25(18)26(32)24(33-27)16-19-7-5-6-10-22(19)28/h2-10,15-16,31H,11-14,17H2,1H3/b24-16-. The Balaban J connectivity index is 1.38. The van der Waals surface area contributed by atoms with E-state index in [1.165, 1.54) is 17.8 Å². The summed E-state index contributed by atoms with van der Waals surface area (Å²) in [6, 6.07) is 18.2. The van der Waals surface area contributed by atoms with Crippen LogP contribution in [0.3, 0.4) is 0 Å². The van der Waals surface area contributed by atoms with Gasteiger partial charge in [0, 0.05) is 44.0 Å². The van der Waals surface area contributed by atoms with E-state index >= 15 is 0 Å². The van der Waals surface area contributed by atoms with Crippen LogP contribution in [0.25, 0.3) is 6.08 Å². The van der Waals surface area contributed by atoms with Crippen molar-refractivity contribution in [2.75, 3.05) is 31.1 Å². The number of benzene rings is 3. The summed E-state index contributed by atoms with van der Waals surface area (Å²) >= 11 is 0. The number of aryl methyl sites for hydroxylation is 1. The highest BCUT2D eigenvalue weighted by molar-refractivity contribution is 6.15. The summed E-state index contributed by atoms with van der Waals surface area (Å²) in [5.41, 5.74) is 3.16. The van der Waals surface area contributed by atoms with Crippen molar-refractivity contribution in [1.82, 2.24) is 4.90 Å². The van der Waals surface area contributed by atoms with Crippen LogP contribution in [0.2, 0.25) is 0 Å². The molecule has 3 aromatic rings. The minimum absolute atomic E-state index is 0.0685. The Morgan fingerprint density at radius 3 is 2.45 bits per heavy atom. The second kappa shape index (κ2) is 8.71. The number of ether oxygens (including phenoxy) is 1. The Labute approximate surface area is 192 Å². The fourth-order valence-electron chi connectivity index (χ4n) is 4.49. The molecule has 0 bridgehead atoms. The van der Waals surface area contributed by atoms with Crippen LogP contribution in [-0.2, 0) is 6.54 Å². The summed E-state index contributed by atoms with van der Waals surface area (Å²) < 4.78 is 20.1. The Bertz CT molecular complexity index is 1230. The number of rotatable bonds is 4. The topological polar surface area (TPSA) is 53.0 Å². The van der Waals surface area contributed by atoms with E-state index in [9.17, 15) is 14.3 Å². The van der Waals surface area contributed by atoms with E-state index in [2.05, 4.69) is 21.9 Å². The zero-order chi connectivity index (χ0) is 22.9. The van der Waals surface area contributed by atoms with Crippen molar-refractivity contribution in [3.8, 4) is 11.5 Å². The lowest BCUT2D eigenvalue weighted by Crippen LogP contribution is -2.46. The minimum atomic E-state index is -0.423. The van der Waals surface area contributed by atoms with Crippen molar-refractivity contribution < 1.29 is 19.0 Å². The molecule has 5 rings (SSSR count). The van der Waals surface area contributed by atoms with Gasteiger partial charge in [-0.3, -0.25) is 9.69 Å². The molecular formula is C27H25FN2O3. The lowest BCUT2D eigenvalue weighted by Gasteiger charge is -2.36. The molecule has 2 aliphatic rings. The van der Waals surface area contributed by atoms with Crippen molar-refractivity contribution in [2.24, 2.45) is 0 Å². The Morgan fingerprint density at radius 1 is 1.03 bits per heavy atom. The molecule has 0 saturated carbocycles. The monoisotopic (exact) mass is 444 g/mol. The number of carbonyl (C=O) groups excluding carboxylic acids is 1. The van der Waals surface area contributed by atoms with Gasteiger partial charge in [-0.2, -0.15) is 0 Å². The number of piperazine rings is 1. The number of Topliss-reactive ketones (excluding diaryl/α,β-unsaturated/α-hetero) is 1. The fourth-order valence-corrected chi connectivity index (χ4v) is 4.49. The molecule has 0 spiro atoms. The zero-order valence-electron chi connectivity index (χ0n) is 18.4. The van der Waals surface area contributed by atoms with E-state index in [4.69, 9.17) is 4.74 Å². The molecule has 1 N–H and O–H groups in total. The zero-order valence-corrected chi connectivity index (χ0v) is 18.4. The van der Waals surface area contributed by atoms with Gasteiger partial charge in [0.2, 0.25) is 5.78 Å². The molecule has 1 fully saturated rings. The van der Waals surface area contributed by atoms with Crippen LogP contribution in [0.1, 0.15) is 27.0 Å². The molecule has 168 valence electrons. The summed E-state index contributed by atoms with van der Waals surface area (Å²) in [6.45, 7) is 5.63. The second-order valence-electron chi connectivity index (χ2n) is 8.46. The smallest absolute Gasteiger partial charge is 0.232 e. The van der Waals surface area contributed by atoms with E-state index in [-0.39, 0.29) is 22.9 Å². The molecule has 0 unspecified atom stereocenters. The third-order valence-corrected chi connectivity index (χ3v) is 6.29. The van der Waals surface area contributed by atoms with Gasteiger partial charge in [-0.25, -0.2) is 4.39 Å². The van der Waals surface area contributed by atoms with Gasteiger partial charge < -0.3 is 14.7 Å². The molecule has 2 aliphatic heterocycles. The molecule has 2 heterocycles. The second-order valence-corrected chi connectivity index (χ2v) is 8.46. The number of allylic oxidation sites excluding steroid dienone is 1. The van der Waals surface area contributed by atoms with Crippen LogP contribution in [0, 0.1) is 12.7 Å². The minimum Gasteiger partial charge on any atom is -0.507 e. The number of halogens is 1. The number of hydrogen-bond donors (Lipinski definition) is 1. The molecule has 5 nitrogen and oxygen atoms in total. The summed E-state index contributed by atoms with van der Waals surface area (Å²) in [7, 11) is 0. The Kier molecular flexibility index (Phi) is 5.60. The van der Waals surface area contributed by atoms with Crippen molar-refractivity contribution >= 4 is 17.5 Å². The highest BCUT2D eigenvalue weighted by Gasteiger charge is 2.34. The predicted octanol–water partition coefficient (Wildman–Crippen LogP) is 4.78. The number of ketones is 1. The normalized spacial score (nSPS) is 17.3. The first-order chi connectivity index (χ1) is 16.0. The number of para-hydroxylation sites is 1. The third kappa shape index (κ3) is 4.10. The largest absolute Gasteiger partial charge is 0.507 e. The van der Waals surface area contributed by atoms with Gasteiger partial charge in [-0.15, -0.1) is 0 Å². The molecule has 3 aromatic carbocycles. The molecule has 0 atom stereocenters. The molecule has 1 saturated heterocycles. The predicted molar refractivity (Wildman–Crippen MR) is 126 cm³/mol. The van der Waals surface area contributed by atoms with E-state index in [0.29, 0.717) is 29.0 Å². The van der Waals surface area contributed by atoms with Gasteiger partial charge >= 0.3 is 0 Å². The highest BCUT2D eigenvalue weighted by Crippen LogP contribution is 2.42. The summed E-state index contributed by atoms with van der Waals surface area (Å²) in [6.07, 6.45) is 1.43. The molecule has 33 heavy (non-hydrogen) atoms. The lowest BCUT2D eigenvalue weighted by atomic mass is 9.99.